The van der Waals surface area contributed by atoms with Crippen LogP contribution in [0.15, 0.2) is 65.2 Å². The van der Waals surface area contributed by atoms with Crippen molar-refractivity contribution in [1.82, 2.24) is 4.98 Å². The summed E-state index contributed by atoms with van der Waals surface area (Å²) in [6.07, 6.45) is 3.46. The summed E-state index contributed by atoms with van der Waals surface area (Å²) in [5.41, 5.74) is 9.28. The van der Waals surface area contributed by atoms with Crippen LogP contribution in [0.5, 0.6) is 0 Å². The molecule has 2 heterocycles. The summed E-state index contributed by atoms with van der Waals surface area (Å²) in [5.74, 6) is -0.159. The molecule has 0 aliphatic rings. The highest BCUT2D eigenvalue weighted by Crippen LogP contribution is 2.37. The Balaban J connectivity index is 1.48. The average molecular weight is 596 g/mol. The maximum Gasteiger partial charge on any atom is 0.323 e. The van der Waals surface area contributed by atoms with Gasteiger partial charge in [-0.15, -0.1) is 11.3 Å². The number of ether oxygens (including phenoxy) is 1. The molecule has 5 N–H and O–H groups in total. The standard InChI is InChI=1S/C29H33N5O5S2/c1-18-7-6-8-21(13-18)32-29(37)33-22-10-11-24-19(14-22)16-25(40-24)23-15-20(17-31-27(23)30)28(36)34-41(3,38)12-5-4-9-26(35)39-2/h6-8,10-11,13-17,26,35H,4-5,9,12H2,1-3H3,(H2,30,31)(H2,32,33,37). The highest BCUT2D eigenvalue weighted by atomic mass is 32.2. The number of unbranched alkanes of at least 4 members (excludes halogenated alkanes) is 1. The number of aliphatic hydroxyl groups excluding tert-OH is 1. The number of nitrogens with two attached hydrogens (primary N) is 1. The number of hydrogen-bond donors (Lipinski definition) is 4. The van der Waals surface area contributed by atoms with Crippen molar-refractivity contribution >= 4 is 60.3 Å². The lowest BCUT2D eigenvalue weighted by Crippen LogP contribution is -2.19. The number of nitrogen functional groups attached to an aromatic ring is 1. The summed E-state index contributed by atoms with van der Waals surface area (Å²) >= 11 is 1.47. The van der Waals surface area contributed by atoms with Gasteiger partial charge in [0.05, 0.1) is 15.3 Å². The first-order valence-electron chi connectivity index (χ1n) is 12.9. The number of aromatic nitrogens is 1. The SMILES string of the molecule is COC(O)CCCCS(C)(=O)=NC(=O)c1cnc(N)c(-c2cc3cc(NC(=O)Nc4cccc(C)c4)ccc3s2)c1. The Labute approximate surface area is 243 Å². The number of urea groups is 1. The molecule has 4 rings (SSSR count). The number of aryl methyl sites for hydroxylation is 1. The minimum absolute atomic E-state index is 0.186. The zero-order valence-electron chi connectivity index (χ0n) is 23.0. The molecule has 0 aliphatic carbocycles. The smallest absolute Gasteiger partial charge is 0.323 e. The molecule has 2 aromatic carbocycles. The zero-order chi connectivity index (χ0) is 29.6. The van der Waals surface area contributed by atoms with Gasteiger partial charge in [-0.2, -0.15) is 4.36 Å². The van der Waals surface area contributed by atoms with Crippen LogP contribution in [-0.2, 0) is 14.5 Å². The Morgan fingerprint density at radius 1 is 1.12 bits per heavy atom. The van der Waals surface area contributed by atoms with E-state index in [0.717, 1.165) is 20.5 Å². The minimum atomic E-state index is -2.77. The maximum absolute atomic E-state index is 12.9. The molecule has 4 aromatic rings. The summed E-state index contributed by atoms with van der Waals surface area (Å²) in [4.78, 5) is 30.3. The van der Waals surface area contributed by atoms with Gasteiger partial charge >= 0.3 is 6.03 Å². The minimum Gasteiger partial charge on any atom is -0.383 e. The highest BCUT2D eigenvalue weighted by Gasteiger charge is 2.16. The number of carbonyl (C=O) groups is 2. The molecule has 0 saturated carbocycles. The van der Waals surface area contributed by atoms with Gasteiger partial charge in [0.25, 0.3) is 5.91 Å². The van der Waals surface area contributed by atoms with Gasteiger partial charge in [0.1, 0.15) is 5.82 Å². The molecule has 0 bridgehead atoms. The van der Waals surface area contributed by atoms with Crippen molar-refractivity contribution in [3.8, 4) is 10.4 Å². The van der Waals surface area contributed by atoms with E-state index in [1.54, 1.807) is 6.07 Å². The molecule has 41 heavy (non-hydrogen) atoms. The molecular formula is C29H33N5O5S2. The lowest BCUT2D eigenvalue weighted by Gasteiger charge is -2.08. The van der Waals surface area contributed by atoms with Crippen LogP contribution in [0.1, 0.15) is 35.2 Å². The van der Waals surface area contributed by atoms with Gasteiger partial charge < -0.3 is 26.2 Å². The molecule has 2 atom stereocenters. The molecule has 0 saturated heterocycles. The number of methoxy groups -OCH3 is 1. The van der Waals surface area contributed by atoms with Crippen molar-refractivity contribution in [1.29, 1.82) is 0 Å². The van der Waals surface area contributed by atoms with Crippen molar-refractivity contribution < 1.29 is 23.6 Å². The summed E-state index contributed by atoms with van der Waals surface area (Å²) < 4.78 is 22.6. The molecule has 2 aromatic heterocycles. The molecular weight excluding hydrogens is 562 g/mol. The number of anilines is 3. The van der Waals surface area contributed by atoms with Crippen LogP contribution in [0, 0.1) is 6.92 Å². The fraction of sp³-hybridized carbons (Fsp3) is 0.276. The number of hydrogen-bond acceptors (Lipinski definition) is 8. The molecule has 0 aliphatic heterocycles. The molecule has 0 fully saturated rings. The van der Waals surface area contributed by atoms with E-state index < -0.39 is 21.9 Å². The van der Waals surface area contributed by atoms with Crippen LogP contribution in [0.2, 0.25) is 0 Å². The fourth-order valence-corrected chi connectivity index (χ4v) is 6.50. The summed E-state index contributed by atoms with van der Waals surface area (Å²) in [6.45, 7) is 1.95. The summed E-state index contributed by atoms with van der Waals surface area (Å²) in [6, 6.07) is 16.3. The predicted octanol–water partition coefficient (Wildman–Crippen LogP) is 5.87. The van der Waals surface area contributed by atoms with Crippen molar-refractivity contribution in [2.45, 2.75) is 32.5 Å². The molecule has 0 spiro atoms. The highest BCUT2D eigenvalue weighted by molar-refractivity contribution is 7.93. The lowest BCUT2D eigenvalue weighted by atomic mass is 10.1. The fourth-order valence-electron chi connectivity index (χ4n) is 4.14. The quantitative estimate of drug-likeness (QED) is 0.132. The molecule has 10 nitrogen and oxygen atoms in total. The molecule has 0 radical (unpaired) electrons. The van der Waals surface area contributed by atoms with E-state index >= 15 is 0 Å². The third-order valence-corrected chi connectivity index (χ3v) is 9.00. The lowest BCUT2D eigenvalue weighted by molar-refractivity contribution is -0.0790. The van der Waals surface area contributed by atoms with Gasteiger partial charge in [0, 0.05) is 51.8 Å². The van der Waals surface area contributed by atoms with Crippen molar-refractivity contribution in [3.63, 3.8) is 0 Å². The Kier molecular flexibility index (Phi) is 9.71. The Hall–Kier alpha value is -3.84. The number of fused-ring (bicyclic) bond motifs is 1. The van der Waals surface area contributed by atoms with Gasteiger partial charge in [-0.3, -0.25) is 4.79 Å². The van der Waals surface area contributed by atoms with E-state index in [0.29, 0.717) is 36.2 Å². The van der Waals surface area contributed by atoms with E-state index in [-0.39, 0.29) is 23.2 Å². The van der Waals surface area contributed by atoms with Crippen LogP contribution < -0.4 is 16.4 Å². The largest absolute Gasteiger partial charge is 0.383 e. The third-order valence-electron chi connectivity index (χ3n) is 6.25. The van der Waals surface area contributed by atoms with Crippen molar-refractivity contribution in [2.75, 3.05) is 35.5 Å². The van der Waals surface area contributed by atoms with E-state index in [1.807, 2.05) is 55.5 Å². The number of carbonyl (C=O) groups excluding carboxylic acids is 2. The molecule has 3 amide bonds. The summed E-state index contributed by atoms with van der Waals surface area (Å²) in [5, 5.41) is 16.0. The second-order valence-corrected chi connectivity index (χ2v) is 13.3. The number of amides is 3. The Morgan fingerprint density at radius 3 is 2.61 bits per heavy atom. The average Bonchev–Trinajstić information content (AvgIpc) is 3.34. The number of aliphatic hydroxyl groups is 1. The number of pyridine rings is 1. The second-order valence-electron chi connectivity index (χ2n) is 9.71. The van der Waals surface area contributed by atoms with Crippen LogP contribution >= 0.6 is 11.3 Å². The molecule has 216 valence electrons. The topological polar surface area (TPSA) is 156 Å². The molecule has 12 heteroatoms. The van der Waals surface area contributed by atoms with E-state index in [1.165, 1.54) is 30.9 Å². The van der Waals surface area contributed by atoms with Gasteiger partial charge in [0.2, 0.25) is 0 Å². The first-order valence-corrected chi connectivity index (χ1v) is 15.8. The van der Waals surface area contributed by atoms with Crippen LogP contribution in [0.3, 0.4) is 0 Å². The van der Waals surface area contributed by atoms with Gasteiger partial charge in [0.15, 0.2) is 6.29 Å². The van der Waals surface area contributed by atoms with Gasteiger partial charge in [-0.05, 0) is 79.6 Å². The number of thiophene rings is 1. The van der Waals surface area contributed by atoms with Gasteiger partial charge in [-0.25, -0.2) is 14.0 Å². The maximum atomic E-state index is 12.9. The predicted molar refractivity (Wildman–Crippen MR) is 166 cm³/mol. The normalized spacial score (nSPS) is 13.4. The van der Waals surface area contributed by atoms with E-state index in [2.05, 4.69) is 20.0 Å². The van der Waals surface area contributed by atoms with E-state index in [4.69, 9.17) is 10.5 Å². The Morgan fingerprint density at radius 2 is 1.88 bits per heavy atom. The second kappa shape index (κ2) is 13.2. The molecule has 2 unspecified atom stereocenters. The van der Waals surface area contributed by atoms with Crippen molar-refractivity contribution in [2.24, 2.45) is 4.36 Å². The monoisotopic (exact) mass is 595 g/mol. The zero-order valence-corrected chi connectivity index (χ0v) is 24.7. The number of benzene rings is 2. The number of nitrogens with one attached hydrogen (secondary N) is 2. The third kappa shape index (κ3) is 8.33. The van der Waals surface area contributed by atoms with Crippen LogP contribution in [0.4, 0.5) is 22.0 Å². The Bertz CT molecular complexity index is 1690. The first kappa shape index (κ1) is 30.1. The van der Waals surface area contributed by atoms with Crippen LogP contribution in [0.25, 0.3) is 20.5 Å². The number of rotatable bonds is 10. The van der Waals surface area contributed by atoms with E-state index in [9.17, 15) is 18.9 Å². The summed E-state index contributed by atoms with van der Waals surface area (Å²) in [7, 11) is -1.36. The van der Waals surface area contributed by atoms with Gasteiger partial charge in [-0.1, -0.05) is 12.1 Å². The van der Waals surface area contributed by atoms with Crippen molar-refractivity contribution in [3.05, 3.63) is 71.9 Å². The first-order chi connectivity index (χ1) is 19.5. The van der Waals surface area contributed by atoms with Crippen LogP contribution in [-0.4, -0.2) is 51.6 Å². The number of nitrogens with zero attached hydrogens (tertiary/aromatic N) is 2.